The molecule has 120 valence electrons. The molecule has 1 aromatic heterocycles. The van der Waals surface area contributed by atoms with Crippen LogP contribution in [0.4, 0.5) is 0 Å². The van der Waals surface area contributed by atoms with Gasteiger partial charge in [0.1, 0.15) is 0 Å². The number of nitrogens with zero attached hydrogens (tertiary/aromatic N) is 2. The van der Waals surface area contributed by atoms with Gasteiger partial charge in [0.15, 0.2) is 0 Å². The molecule has 1 saturated carbocycles. The third-order valence-corrected chi connectivity index (χ3v) is 5.26. The number of nitrogens with one attached hydrogen (secondary N) is 1. The van der Waals surface area contributed by atoms with Crippen LogP contribution < -0.4 is 5.32 Å². The van der Waals surface area contributed by atoms with Gasteiger partial charge in [0.25, 0.3) is 0 Å². The Bertz CT molecular complexity index is 430. The Hall–Kier alpha value is -0.830. The maximum atomic E-state index is 4.60. The summed E-state index contributed by atoms with van der Waals surface area (Å²) in [6.07, 6.45) is 7.32. The summed E-state index contributed by atoms with van der Waals surface area (Å²) in [6, 6.07) is 2.19. The maximum absolute atomic E-state index is 4.60. The third-order valence-electron chi connectivity index (χ3n) is 5.26. The van der Waals surface area contributed by atoms with Crippen LogP contribution in [0.15, 0.2) is 12.3 Å². The fourth-order valence-corrected chi connectivity index (χ4v) is 3.80. The standard InChI is InChI=1S/C18H33N3/c1-6-19-13-14-7-8-16(18(2,3)4)11-15(14)12-17-9-10-21(5)20-17/h9-10,14-16,19H,6-8,11-13H2,1-5H3. The van der Waals surface area contributed by atoms with Gasteiger partial charge in [-0.05, 0) is 68.0 Å². The molecule has 0 radical (unpaired) electrons. The van der Waals surface area contributed by atoms with E-state index in [1.54, 1.807) is 0 Å². The predicted molar refractivity (Wildman–Crippen MR) is 89.2 cm³/mol. The molecule has 3 heteroatoms. The first-order valence-electron chi connectivity index (χ1n) is 8.59. The predicted octanol–water partition coefficient (Wildman–Crippen LogP) is 3.65. The van der Waals surface area contributed by atoms with E-state index >= 15 is 0 Å². The second kappa shape index (κ2) is 6.95. The minimum Gasteiger partial charge on any atom is -0.317 e. The molecular formula is C18H33N3. The lowest BCUT2D eigenvalue weighted by molar-refractivity contribution is 0.0968. The van der Waals surface area contributed by atoms with Gasteiger partial charge in [-0.25, -0.2) is 0 Å². The Morgan fingerprint density at radius 1 is 1.29 bits per heavy atom. The van der Waals surface area contributed by atoms with Crippen molar-refractivity contribution in [1.82, 2.24) is 15.1 Å². The van der Waals surface area contributed by atoms with Gasteiger partial charge in [0.2, 0.25) is 0 Å². The highest BCUT2D eigenvalue weighted by atomic mass is 15.2. The highest BCUT2D eigenvalue weighted by molar-refractivity contribution is 5.02. The van der Waals surface area contributed by atoms with Gasteiger partial charge in [-0.1, -0.05) is 27.7 Å². The molecule has 0 aliphatic heterocycles. The van der Waals surface area contributed by atoms with Gasteiger partial charge in [0, 0.05) is 13.2 Å². The van der Waals surface area contributed by atoms with E-state index in [0.29, 0.717) is 5.41 Å². The summed E-state index contributed by atoms with van der Waals surface area (Å²) in [4.78, 5) is 0. The summed E-state index contributed by atoms with van der Waals surface area (Å²) in [5.74, 6) is 2.44. The van der Waals surface area contributed by atoms with Crippen molar-refractivity contribution in [1.29, 1.82) is 0 Å². The van der Waals surface area contributed by atoms with E-state index in [1.807, 2.05) is 11.7 Å². The van der Waals surface area contributed by atoms with Crippen molar-refractivity contribution in [2.45, 2.75) is 53.4 Å². The number of hydrogen-bond donors (Lipinski definition) is 1. The van der Waals surface area contributed by atoms with Crippen LogP contribution in [0.25, 0.3) is 0 Å². The Morgan fingerprint density at radius 3 is 2.62 bits per heavy atom. The summed E-state index contributed by atoms with van der Waals surface area (Å²) >= 11 is 0. The highest BCUT2D eigenvalue weighted by Gasteiger charge is 2.35. The van der Waals surface area contributed by atoms with Gasteiger partial charge < -0.3 is 5.32 Å². The molecule has 0 aromatic carbocycles. The van der Waals surface area contributed by atoms with E-state index in [2.05, 4.69) is 50.4 Å². The highest BCUT2D eigenvalue weighted by Crippen LogP contribution is 2.43. The molecule has 1 N–H and O–H groups in total. The van der Waals surface area contributed by atoms with Crippen LogP contribution in [0, 0.1) is 23.2 Å². The molecule has 3 nitrogen and oxygen atoms in total. The first-order chi connectivity index (χ1) is 9.90. The Labute approximate surface area is 130 Å². The second-order valence-corrected chi connectivity index (χ2v) is 7.89. The average Bonchev–Trinajstić information content (AvgIpc) is 2.81. The largest absolute Gasteiger partial charge is 0.317 e. The van der Waals surface area contributed by atoms with Crippen molar-refractivity contribution in [3.8, 4) is 0 Å². The van der Waals surface area contributed by atoms with Crippen molar-refractivity contribution in [2.75, 3.05) is 13.1 Å². The van der Waals surface area contributed by atoms with E-state index in [1.165, 1.54) is 31.5 Å². The lowest BCUT2D eigenvalue weighted by atomic mass is 9.64. The Kier molecular flexibility index (Phi) is 5.48. The minimum absolute atomic E-state index is 0.436. The van der Waals surface area contributed by atoms with Crippen molar-refractivity contribution >= 4 is 0 Å². The first kappa shape index (κ1) is 16.5. The van der Waals surface area contributed by atoms with Crippen molar-refractivity contribution in [3.63, 3.8) is 0 Å². The molecule has 1 aliphatic rings. The average molecular weight is 291 g/mol. The normalized spacial score (nSPS) is 27.0. The molecule has 0 bridgehead atoms. The fraction of sp³-hybridized carbons (Fsp3) is 0.833. The topological polar surface area (TPSA) is 29.9 Å². The molecule has 21 heavy (non-hydrogen) atoms. The smallest absolute Gasteiger partial charge is 0.0627 e. The number of aromatic nitrogens is 2. The summed E-state index contributed by atoms with van der Waals surface area (Å²) in [6.45, 7) is 11.7. The van der Waals surface area contributed by atoms with Crippen LogP contribution in [0.3, 0.4) is 0 Å². The van der Waals surface area contributed by atoms with Crippen molar-refractivity contribution in [3.05, 3.63) is 18.0 Å². The molecule has 1 aromatic rings. The quantitative estimate of drug-likeness (QED) is 0.897. The van der Waals surface area contributed by atoms with E-state index < -0.39 is 0 Å². The van der Waals surface area contributed by atoms with Crippen LogP contribution in [0.5, 0.6) is 0 Å². The third kappa shape index (κ3) is 4.57. The molecule has 0 amide bonds. The SMILES string of the molecule is CCNCC1CCC(C(C)(C)C)CC1Cc1ccn(C)n1. The van der Waals surface area contributed by atoms with Crippen LogP contribution in [-0.2, 0) is 13.5 Å². The van der Waals surface area contributed by atoms with Crippen LogP contribution in [-0.4, -0.2) is 22.9 Å². The summed E-state index contributed by atoms with van der Waals surface area (Å²) in [5.41, 5.74) is 1.70. The summed E-state index contributed by atoms with van der Waals surface area (Å²) in [5, 5.41) is 8.17. The first-order valence-corrected chi connectivity index (χ1v) is 8.59. The molecule has 2 rings (SSSR count). The summed E-state index contributed by atoms with van der Waals surface area (Å²) in [7, 11) is 2.01. The summed E-state index contributed by atoms with van der Waals surface area (Å²) < 4.78 is 1.93. The van der Waals surface area contributed by atoms with Gasteiger partial charge in [0.05, 0.1) is 5.69 Å². The lowest BCUT2D eigenvalue weighted by Crippen LogP contribution is -2.37. The van der Waals surface area contributed by atoms with Crippen molar-refractivity contribution < 1.29 is 0 Å². The molecular weight excluding hydrogens is 258 g/mol. The molecule has 0 saturated heterocycles. The number of aryl methyl sites for hydroxylation is 1. The van der Waals surface area contributed by atoms with Gasteiger partial charge in [-0.15, -0.1) is 0 Å². The van der Waals surface area contributed by atoms with E-state index in [-0.39, 0.29) is 0 Å². The monoisotopic (exact) mass is 291 g/mol. The molecule has 0 spiro atoms. The Balaban J connectivity index is 2.05. The van der Waals surface area contributed by atoms with Gasteiger partial charge in [-0.3, -0.25) is 4.68 Å². The molecule has 1 heterocycles. The number of rotatable bonds is 5. The number of hydrogen-bond acceptors (Lipinski definition) is 2. The van der Waals surface area contributed by atoms with Crippen LogP contribution >= 0.6 is 0 Å². The zero-order valence-corrected chi connectivity index (χ0v) is 14.5. The van der Waals surface area contributed by atoms with Crippen LogP contribution in [0.1, 0.15) is 52.7 Å². The fourth-order valence-electron chi connectivity index (χ4n) is 3.80. The second-order valence-electron chi connectivity index (χ2n) is 7.89. The maximum Gasteiger partial charge on any atom is 0.0627 e. The zero-order valence-electron chi connectivity index (χ0n) is 14.5. The zero-order chi connectivity index (χ0) is 15.5. The molecule has 3 unspecified atom stereocenters. The van der Waals surface area contributed by atoms with Gasteiger partial charge in [-0.2, -0.15) is 5.10 Å². The van der Waals surface area contributed by atoms with E-state index in [0.717, 1.165) is 30.7 Å². The van der Waals surface area contributed by atoms with Crippen molar-refractivity contribution in [2.24, 2.45) is 30.2 Å². The lowest BCUT2D eigenvalue weighted by Gasteiger charge is -2.42. The molecule has 1 aliphatic carbocycles. The van der Waals surface area contributed by atoms with Gasteiger partial charge >= 0.3 is 0 Å². The molecule has 1 fully saturated rings. The van der Waals surface area contributed by atoms with E-state index in [4.69, 9.17) is 0 Å². The Morgan fingerprint density at radius 2 is 2.05 bits per heavy atom. The molecule has 3 atom stereocenters. The van der Waals surface area contributed by atoms with Crippen LogP contribution in [0.2, 0.25) is 0 Å². The minimum atomic E-state index is 0.436. The van der Waals surface area contributed by atoms with E-state index in [9.17, 15) is 0 Å².